The largest absolute Gasteiger partial charge is 0.497 e. The van der Waals surface area contributed by atoms with Crippen LogP contribution >= 0.6 is 0 Å². The Balaban J connectivity index is 1.48. The summed E-state index contributed by atoms with van der Waals surface area (Å²) in [5.41, 5.74) is -0.0450. The first kappa shape index (κ1) is 18.2. The summed E-state index contributed by atoms with van der Waals surface area (Å²) in [4.78, 5) is 27.1. The molecule has 0 radical (unpaired) electrons. The number of nitro benzene ring substituents is 1. The van der Waals surface area contributed by atoms with Crippen LogP contribution in [0.15, 0.2) is 40.9 Å². The number of nitro groups is 1. The summed E-state index contributed by atoms with van der Waals surface area (Å²) < 4.78 is 25.5. The Labute approximate surface area is 162 Å². The molecule has 3 aromatic rings. The molecule has 29 heavy (non-hydrogen) atoms. The van der Waals surface area contributed by atoms with Crippen LogP contribution in [0.4, 0.5) is 5.69 Å². The number of nitrogens with zero attached hydrogens (tertiary/aromatic N) is 3. The number of ether oxygens (including phenoxy) is 4. The summed E-state index contributed by atoms with van der Waals surface area (Å²) in [6.45, 7) is -0.436. The second kappa shape index (κ2) is 7.46. The third kappa shape index (κ3) is 3.65. The van der Waals surface area contributed by atoms with Crippen molar-refractivity contribution in [1.29, 1.82) is 0 Å². The van der Waals surface area contributed by atoms with Gasteiger partial charge in [-0.3, -0.25) is 10.1 Å². The molecular weight excluding hydrogens is 386 g/mol. The van der Waals surface area contributed by atoms with Crippen LogP contribution in [-0.2, 0) is 11.3 Å². The molecule has 0 N–H and O–H groups in total. The van der Waals surface area contributed by atoms with Crippen LogP contribution in [0.2, 0.25) is 0 Å². The maximum absolute atomic E-state index is 12.4. The Kier molecular flexibility index (Phi) is 4.69. The summed E-state index contributed by atoms with van der Waals surface area (Å²) in [5, 5.41) is 15.1. The van der Waals surface area contributed by atoms with Gasteiger partial charge in [-0.2, -0.15) is 4.98 Å². The molecule has 148 valence electrons. The van der Waals surface area contributed by atoms with Gasteiger partial charge in [-0.25, -0.2) is 4.79 Å². The van der Waals surface area contributed by atoms with Crippen molar-refractivity contribution in [1.82, 2.24) is 10.1 Å². The first-order valence-electron chi connectivity index (χ1n) is 8.27. The van der Waals surface area contributed by atoms with E-state index in [-0.39, 0.29) is 36.4 Å². The zero-order valence-corrected chi connectivity index (χ0v) is 15.0. The molecule has 0 spiro atoms. The van der Waals surface area contributed by atoms with Gasteiger partial charge >= 0.3 is 5.97 Å². The zero-order valence-electron chi connectivity index (χ0n) is 15.0. The number of carbonyl (C=O) groups is 1. The fraction of sp³-hybridized carbons (Fsp3) is 0.167. The highest BCUT2D eigenvalue weighted by molar-refractivity contribution is 5.95. The van der Waals surface area contributed by atoms with E-state index in [2.05, 4.69) is 10.1 Å². The van der Waals surface area contributed by atoms with Gasteiger partial charge in [0, 0.05) is 11.6 Å². The monoisotopic (exact) mass is 399 g/mol. The molecule has 0 amide bonds. The van der Waals surface area contributed by atoms with E-state index in [9.17, 15) is 14.9 Å². The van der Waals surface area contributed by atoms with Gasteiger partial charge in [0.2, 0.25) is 12.6 Å². The van der Waals surface area contributed by atoms with Crippen molar-refractivity contribution < 1.29 is 33.2 Å². The molecule has 0 saturated carbocycles. The molecule has 2 heterocycles. The topological polar surface area (TPSA) is 136 Å². The first-order valence-corrected chi connectivity index (χ1v) is 8.27. The third-order valence-corrected chi connectivity index (χ3v) is 4.05. The predicted octanol–water partition coefficient (Wildman–Crippen LogP) is 2.74. The van der Waals surface area contributed by atoms with Gasteiger partial charge in [0.25, 0.3) is 11.6 Å². The quantitative estimate of drug-likeness (QED) is 0.346. The van der Waals surface area contributed by atoms with Crippen LogP contribution in [0.25, 0.3) is 11.4 Å². The molecule has 11 heteroatoms. The third-order valence-electron chi connectivity index (χ3n) is 4.05. The molecule has 0 aliphatic carbocycles. The second-order valence-corrected chi connectivity index (χ2v) is 5.80. The average Bonchev–Trinajstić information content (AvgIpc) is 3.40. The SMILES string of the molecule is COc1ccc(-c2noc(COC(=O)c3cc4c(cc3[N+](=O)[O-])OCO4)n2)cc1. The number of hydrogen-bond donors (Lipinski definition) is 0. The fourth-order valence-corrected chi connectivity index (χ4v) is 2.62. The van der Waals surface area contributed by atoms with Crippen LogP contribution in [0.5, 0.6) is 17.2 Å². The van der Waals surface area contributed by atoms with E-state index in [1.54, 1.807) is 31.4 Å². The van der Waals surface area contributed by atoms with E-state index in [1.807, 2.05) is 0 Å². The Morgan fingerprint density at radius 2 is 1.93 bits per heavy atom. The normalized spacial score (nSPS) is 11.9. The second-order valence-electron chi connectivity index (χ2n) is 5.80. The molecule has 1 aliphatic rings. The van der Waals surface area contributed by atoms with Crippen molar-refractivity contribution >= 4 is 11.7 Å². The van der Waals surface area contributed by atoms with Gasteiger partial charge < -0.3 is 23.5 Å². The van der Waals surface area contributed by atoms with Gasteiger partial charge in [-0.1, -0.05) is 5.16 Å². The minimum atomic E-state index is -0.931. The molecule has 0 fully saturated rings. The van der Waals surface area contributed by atoms with E-state index in [0.717, 1.165) is 6.07 Å². The lowest BCUT2D eigenvalue weighted by molar-refractivity contribution is -0.385. The number of fused-ring (bicyclic) bond motifs is 1. The summed E-state index contributed by atoms with van der Waals surface area (Å²) in [6.07, 6.45) is 0. The average molecular weight is 399 g/mol. The van der Waals surface area contributed by atoms with E-state index in [0.29, 0.717) is 17.1 Å². The molecule has 0 saturated heterocycles. The number of esters is 1. The van der Waals surface area contributed by atoms with Crippen LogP contribution in [0.3, 0.4) is 0 Å². The predicted molar refractivity (Wildman–Crippen MR) is 94.6 cm³/mol. The lowest BCUT2D eigenvalue weighted by Gasteiger charge is -2.04. The molecule has 2 aromatic carbocycles. The Morgan fingerprint density at radius 3 is 2.62 bits per heavy atom. The van der Waals surface area contributed by atoms with Crippen molar-refractivity contribution in [2.45, 2.75) is 6.61 Å². The summed E-state index contributed by atoms with van der Waals surface area (Å²) in [5.74, 6) is 0.493. The number of aromatic nitrogens is 2. The minimum Gasteiger partial charge on any atom is -0.497 e. The van der Waals surface area contributed by atoms with Crippen molar-refractivity contribution in [3.05, 3.63) is 58.0 Å². The van der Waals surface area contributed by atoms with Gasteiger partial charge in [0.1, 0.15) is 11.3 Å². The Hall–Kier alpha value is -4.15. The highest BCUT2D eigenvalue weighted by Crippen LogP contribution is 2.38. The number of benzene rings is 2. The summed E-state index contributed by atoms with van der Waals surface area (Å²) >= 11 is 0. The van der Waals surface area contributed by atoms with Gasteiger partial charge in [0.05, 0.1) is 18.1 Å². The van der Waals surface area contributed by atoms with Crippen molar-refractivity contribution in [2.24, 2.45) is 0 Å². The molecule has 0 bridgehead atoms. The van der Waals surface area contributed by atoms with Gasteiger partial charge in [0.15, 0.2) is 18.1 Å². The van der Waals surface area contributed by atoms with E-state index >= 15 is 0 Å². The number of methoxy groups -OCH3 is 1. The smallest absolute Gasteiger partial charge is 0.345 e. The standard InChI is InChI=1S/C18H13N3O8/c1-25-11-4-2-10(3-5-11)17-19-16(29-20-17)8-26-18(22)12-6-14-15(28-9-27-14)7-13(12)21(23)24/h2-7H,8-9H2,1H3. The zero-order chi connectivity index (χ0) is 20.4. The van der Waals surface area contributed by atoms with E-state index in [4.69, 9.17) is 23.5 Å². The fourth-order valence-electron chi connectivity index (χ4n) is 2.62. The molecule has 11 nitrogen and oxygen atoms in total. The van der Waals surface area contributed by atoms with Crippen molar-refractivity contribution in [3.63, 3.8) is 0 Å². The number of hydrogen-bond acceptors (Lipinski definition) is 10. The molecule has 0 atom stereocenters. The maximum atomic E-state index is 12.4. The van der Waals surface area contributed by atoms with Crippen molar-refractivity contribution in [3.8, 4) is 28.6 Å². The highest BCUT2D eigenvalue weighted by atomic mass is 16.7. The molecular formula is C18H13N3O8. The van der Waals surface area contributed by atoms with E-state index in [1.165, 1.54) is 6.07 Å². The Morgan fingerprint density at radius 1 is 1.21 bits per heavy atom. The maximum Gasteiger partial charge on any atom is 0.345 e. The molecule has 1 aromatic heterocycles. The first-order chi connectivity index (χ1) is 14.0. The van der Waals surface area contributed by atoms with E-state index < -0.39 is 16.6 Å². The van der Waals surface area contributed by atoms with Crippen LogP contribution < -0.4 is 14.2 Å². The van der Waals surface area contributed by atoms with Crippen LogP contribution in [-0.4, -0.2) is 34.9 Å². The van der Waals surface area contributed by atoms with Crippen LogP contribution in [0.1, 0.15) is 16.2 Å². The van der Waals surface area contributed by atoms with Crippen LogP contribution in [0, 0.1) is 10.1 Å². The minimum absolute atomic E-state index is 0.0348. The molecule has 1 aliphatic heterocycles. The molecule has 4 rings (SSSR count). The lowest BCUT2D eigenvalue weighted by Crippen LogP contribution is -2.08. The molecule has 0 unspecified atom stereocenters. The number of carbonyl (C=O) groups excluding carboxylic acids is 1. The van der Waals surface area contributed by atoms with Crippen molar-refractivity contribution in [2.75, 3.05) is 13.9 Å². The Bertz CT molecular complexity index is 1080. The summed E-state index contributed by atoms with van der Waals surface area (Å²) in [7, 11) is 1.56. The number of rotatable bonds is 6. The van der Waals surface area contributed by atoms with Gasteiger partial charge in [-0.15, -0.1) is 0 Å². The summed E-state index contributed by atoms with van der Waals surface area (Å²) in [6, 6.07) is 9.30. The van der Waals surface area contributed by atoms with Gasteiger partial charge in [-0.05, 0) is 24.3 Å². The lowest BCUT2D eigenvalue weighted by atomic mass is 10.1. The highest BCUT2D eigenvalue weighted by Gasteiger charge is 2.28.